The van der Waals surface area contributed by atoms with E-state index >= 15 is 0 Å². The Morgan fingerprint density at radius 2 is 1.76 bits per heavy atom. The van der Waals surface area contributed by atoms with Gasteiger partial charge in [-0.05, 0) is 47.5 Å². The summed E-state index contributed by atoms with van der Waals surface area (Å²) in [5.41, 5.74) is 2.89. The van der Waals surface area contributed by atoms with E-state index in [0.29, 0.717) is 4.91 Å². The predicted octanol–water partition coefficient (Wildman–Crippen LogP) is 5.63. The second-order valence-electron chi connectivity index (χ2n) is 5.66. The zero-order chi connectivity index (χ0) is 17.8. The van der Waals surface area contributed by atoms with Crippen molar-refractivity contribution in [2.75, 3.05) is 0 Å². The zero-order valence-electron chi connectivity index (χ0n) is 13.6. The molecule has 2 amide bonds. The van der Waals surface area contributed by atoms with Gasteiger partial charge in [-0.25, -0.2) is 0 Å². The van der Waals surface area contributed by atoms with Crippen LogP contribution in [0.15, 0.2) is 75.6 Å². The number of rotatable bonds is 4. The number of allylic oxidation sites excluding steroid dienone is 2. The predicted molar refractivity (Wildman–Crippen MR) is 106 cm³/mol. The third-order valence-corrected chi connectivity index (χ3v) is 5.39. The minimum atomic E-state index is -0.244. The van der Waals surface area contributed by atoms with Crippen molar-refractivity contribution < 1.29 is 9.59 Å². The van der Waals surface area contributed by atoms with Crippen molar-refractivity contribution in [3.63, 3.8) is 0 Å². The molecule has 0 bridgehead atoms. The topological polar surface area (TPSA) is 37.4 Å². The van der Waals surface area contributed by atoms with Crippen LogP contribution in [0.2, 0.25) is 0 Å². The molecule has 3 nitrogen and oxygen atoms in total. The fourth-order valence-corrected chi connectivity index (χ4v) is 3.79. The molecular weight excluding hydrogens is 398 g/mol. The lowest BCUT2D eigenvalue weighted by molar-refractivity contribution is -0.123. The number of thioether (sulfide) groups is 1. The van der Waals surface area contributed by atoms with Crippen LogP contribution in [0.5, 0.6) is 0 Å². The maximum absolute atomic E-state index is 12.6. The number of amides is 2. The molecule has 1 aliphatic rings. The molecule has 0 unspecified atom stereocenters. The number of carbonyl (C=O) groups excluding carboxylic acids is 2. The molecule has 0 radical (unpaired) electrons. The molecule has 0 aromatic heterocycles. The average molecular weight is 414 g/mol. The summed E-state index contributed by atoms with van der Waals surface area (Å²) in [7, 11) is 0. The Balaban J connectivity index is 1.79. The molecule has 1 aliphatic heterocycles. The normalized spacial score (nSPS) is 16.8. The molecule has 126 valence electrons. The van der Waals surface area contributed by atoms with Crippen LogP contribution in [0.25, 0.3) is 6.08 Å². The first-order valence-corrected chi connectivity index (χ1v) is 9.37. The number of carbonyl (C=O) groups is 2. The maximum atomic E-state index is 12.6. The largest absolute Gasteiger partial charge is 0.293 e. The Kier molecular flexibility index (Phi) is 5.56. The Hall–Kier alpha value is -2.11. The molecule has 0 spiro atoms. The molecule has 0 aliphatic carbocycles. The van der Waals surface area contributed by atoms with Crippen LogP contribution >= 0.6 is 27.7 Å². The number of imide groups is 1. The van der Waals surface area contributed by atoms with Crippen molar-refractivity contribution in [2.24, 2.45) is 0 Å². The highest BCUT2D eigenvalue weighted by atomic mass is 79.9. The summed E-state index contributed by atoms with van der Waals surface area (Å²) in [6.45, 7) is 2.19. The first-order chi connectivity index (χ1) is 12.0. The minimum absolute atomic E-state index is 0.237. The van der Waals surface area contributed by atoms with E-state index in [1.807, 2.05) is 67.6 Å². The van der Waals surface area contributed by atoms with Gasteiger partial charge >= 0.3 is 0 Å². The van der Waals surface area contributed by atoms with Gasteiger partial charge in [0.25, 0.3) is 11.1 Å². The molecule has 1 heterocycles. The number of hydrogen-bond donors (Lipinski definition) is 0. The van der Waals surface area contributed by atoms with Crippen LogP contribution in [0.1, 0.15) is 18.1 Å². The molecule has 5 heteroatoms. The van der Waals surface area contributed by atoms with Gasteiger partial charge in [-0.15, -0.1) is 0 Å². The lowest BCUT2D eigenvalue weighted by Gasteiger charge is -2.13. The fraction of sp³-hybridized carbons (Fsp3) is 0.100. The van der Waals surface area contributed by atoms with Gasteiger partial charge in [0.05, 0.1) is 11.4 Å². The molecule has 2 aromatic rings. The van der Waals surface area contributed by atoms with Gasteiger partial charge in [0.2, 0.25) is 0 Å². The van der Waals surface area contributed by atoms with E-state index in [1.54, 1.807) is 6.08 Å². The zero-order valence-corrected chi connectivity index (χ0v) is 16.0. The lowest BCUT2D eigenvalue weighted by Crippen LogP contribution is -2.27. The molecule has 0 atom stereocenters. The summed E-state index contributed by atoms with van der Waals surface area (Å²) in [6, 6.07) is 17.5. The van der Waals surface area contributed by atoms with Crippen molar-refractivity contribution in [3.8, 4) is 0 Å². The molecular formula is C20H16BrNO2S. The lowest BCUT2D eigenvalue weighted by atomic mass is 10.1. The van der Waals surface area contributed by atoms with Crippen LogP contribution in [0.3, 0.4) is 0 Å². The highest BCUT2D eigenvalue weighted by Gasteiger charge is 2.35. The van der Waals surface area contributed by atoms with Gasteiger partial charge in [0.1, 0.15) is 0 Å². The van der Waals surface area contributed by atoms with Gasteiger partial charge in [0.15, 0.2) is 0 Å². The Bertz CT molecular complexity index is 874. The van der Waals surface area contributed by atoms with Crippen molar-refractivity contribution in [1.29, 1.82) is 0 Å². The van der Waals surface area contributed by atoms with Gasteiger partial charge < -0.3 is 0 Å². The van der Waals surface area contributed by atoms with Gasteiger partial charge in [-0.3, -0.25) is 14.5 Å². The standard InChI is InChI=1S/C20H16BrNO2S/c1-14(11-15-7-3-2-4-8-15)12-18-19(23)22(20(24)25-18)13-16-9-5-6-10-17(16)21/h2-12H,13H2,1H3/b14-11+,18-12-. The van der Waals surface area contributed by atoms with E-state index in [9.17, 15) is 9.59 Å². The smallest absolute Gasteiger partial charge is 0.268 e. The van der Waals surface area contributed by atoms with Gasteiger partial charge in [-0.1, -0.05) is 70.5 Å². The second-order valence-corrected chi connectivity index (χ2v) is 7.51. The van der Waals surface area contributed by atoms with Crippen LogP contribution in [0.4, 0.5) is 4.79 Å². The minimum Gasteiger partial charge on any atom is -0.268 e. The number of halogens is 1. The van der Waals surface area contributed by atoms with E-state index in [1.165, 1.54) is 4.90 Å². The van der Waals surface area contributed by atoms with E-state index in [-0.39, 0.29) is 17.7 Å². The summed E-state index contributed by atoms with van der Waals surface area (Å²) in [6.07, 6.45) is 3.76. The molecule has 25 heavy (non-hydrogen) atoms. The third kappa shape index (κ3) is 4.30. The number of hydrogen-bond acceptors (Lipinski definition) is 3. The number of nitrogens with zero attached hydrogens (tertiary/aromatic N) is 1. The Morgan fingerprint density at radius 3 is 2.48 bits per heavy atom. The van der Waals surface area contributed by atoms with Crippen LogP contribution in [-0.4, -0.2) is 16.0 Å². The average Bonchev–Trinajstić information content (AvgIpc) is 2.85. The van der Waals surface area contributed by atoms with Crippen molar-refractivity contribution in [3.05, 3.63) is 86.8 Å². The first kappa shape index (κ1) is 17.7. The highest BCUT2D eigenvalue weighted by molar-refractivity contribution is 9.10. The first-order valence-electron chi connectivity index (χ1n) is 7.77. The summed E-state index contributed by atoms with van der Waals surface area (Å²) in [5, 5.41) is -0.237. The maximum Gasteiger partial charge on any atom is 0.293 e. The van der Waals surface area contributed by atoms with Crippen molar-refractivity contribution in [1.82, 2.24) is 4.90 Å². The van der Waals surface area contributed by atoms with Crippen LogP contribution in [-0.2, 0) is 11.3 Å². The quantitative estimate of drug-likeness (QED) is 0.609. The van der Waals surface area contributed by atoms with Gasteiger partial charge in [-0.2, -0.15) is 0 Å². The van der Waals surface area contributed by atoms with Gasteiger partial charge in [0, 0.05) is 4.47 Å². The molecule has 0 saturated carbocycles. The molecule has 1 fully saturated rings. The summed E-state index contributed by atoms with van der Waals surface area (Å²) < 4.78 is 0.887. The molecule has 2 aromatic carbocycles. The Labute approximate surface area is 159 Å². The third-order valence-electron chi connectivity index (χ3n) is 3.71. The highest BCUT2D eigenvalue weighted by Crippen LogP contribution is 2.33. The van der Waals surface area contributed by atoms with E-state index in [2.05, 4.69) is 15.9 Å². The fourth-order valence-electron chi connectivity index (χ4n) is 2.49. The van der Waals surface area contributed by atoms with Crippen LogP contribution < -0.4 is 0 Å². The van der Waals surface area contributed by atoms with E-state index < -0.39 is 0 Å². The van der Waals surface area contributed by atoms with E-state index in [0.717, 1.165) is 32.9 Å². The molecule has 0 N–H and O–H groups in total. The second kappa shape index (κ2) is 7.85. The van der Waals surface area contributed by atoms with E-state index in [4.69, 9.17) is 0 Å². The number of benzene rings is 2. The van der Waals surface area contributed by atoms with Crippen LogP contribution in [0, 0.1) is 0 Å². The van der Waals surface area contributed by atoms with Crippen molar-refractivity contribution >= 4 is 44.9 Å². The molecule has 1 saturated heterocycles. The molecule has 3 rings (SSSR count). The van der Waals surface area contributed by atoms with Crippen molar-refractivity contribution in [2.45, 2.75) is 13.5 Å². The summed E-state index contributed by atoms with van der Waals surface area (Å²) >= 11 is 4.44. The summed E-state index contributed by atoms with van der Waals surface area (Å²) in [4.78, 5) is 26.6. The Morgan fingerprint density at radius 1 is 1.08 bits per heavy atom. The SMILES string of the molecule is CC(/C=C1\SC(=O)N(Cc2ccccc2Br)C1=O)=C\c1ccccc1. The summed E-state index contributed by atoms with van der Waals surface area (Å²) in [5.74, 6) is -0.244. The monoisotopic (exact) mass is 413 g/mol.